The van der Waals surface area contributed by atoms with Gasteiger partial charge in [0.05, 0.1) is 10.5 Å². The fraction of sp³-hybridized carbons (Fsp3) is 0.500. The van der Waals surface area contributed by atoms with Gasteiger partial charge in [-0.3, -0.25) is 0 Å². The molecule has 0 spiro atoms. The van der Waals surface area contributed by atoms with Crippen LogP contribution >= 0.6 is 0 Å². The smallest absolute Gasteiger partial charge is 0.344 e. The van der Waals surface area contributed by atoms with Gasteiger partial charge in [-0.15, -0.1) is 0 Å². The van der Waals surface area contributed by atoms with Crippen molar-refractivity contribution in [3.63, 3.8) is 0 Å². The van der Waals surface area contributed by atoms with Crippen LogP contribution < -0.4 is 10.5 Å². The van der Waals surface area contributed by atoms with E-state index in [0.717, 1.165) is 0 Å². The number of ether oxygens (including phenoxy) is 2. The van der Waals surface area contributed by atoms with E-state index in [9.17, 15) is 13.2 Å². The van der Waals surface area contributed by atoms with Crippen molar-refractivity contribution in [2.75, 3.05) is 24.7 Å². The van der Waals surface area contributed by atoms with Crippen LogP contribution in [-0.2, 0) is 19.4 Å². The molecule has 0 radical (unpaired) electrons. The van der Waals surface area contributed by atoms with Crippen molar-refractivity contribution in [1.82, 2.24) is 0 Å². The molecule has 0 aliphatic rings. The number of esters is 1. The third kappa shape index (κ3) is 5.63. The van der Waals surface area contributed by atoms with E-state index in [2.05, 4.69) is 0 Å². The molecular weight excluding hydrogens is 294 g/mol. The number of rotatable bonds is 6. The molecule has 0 aromatic heterocycles. The first-order chi connectivity index (χ1) is 9.62. The van der Waals surface area contributed by atoms with Gasteiger partial charge in [-0.05, 0) is 45.0 Å². The van der Waals surface area contributed by atoms with E-state index in [-0.39, 0.29) is 19.0 Å². The maximum atomic E-state index is 11.8. The minimum atomic E-state index is -3.30. The number of hydrogen-bond acceptors (Lipinski definition) is 6. The zero-order chi connectivity index (χ0) is 16.1. The highest BCUT2D eigenvalue weighted by Gasteiger charge is 2.28. The second-order valence-corrected chi connectivity index (χ2v) is 8.37. The number of anilines is 1. The molecule has 7 heteroatoms. The molecule has 21 heavy (non-hydrogen) atoms. The molecule has 0 amide bonds. The summed E-state index contributed by atoms with van der Waals surface area (Å²) in [5, 5.41) is 0. The van der Waals surface area contributed by atoms with Gasteiger partial charge >= 0.3 is 5.97 Å². The van der Waals surface area contributed by atoms with Crippen LogP contribution in [0.15, 0.2) is 24.3 Å². The van der Waals surface area contributed by atoms with E-state index >= 15 is 0 Å². The van der Waals surface area contributed by atoms with E-state index < -0.39 is 20.6 Å². The molecule has 1 aromatic carbocycles. The highest BCUT2D eigenvalue weighted by Crippen LogP contribution is 2.16. The molecule has 0 heterocycles. The van der Waals surface area contributed by atoms with E-state index in [1.807, 2.05) is 0 Å². The van der Waals surface area contributed by atoms with Crippen LogP contribution in [0.4, 0.5) is 5.69 Å². The largest absolute Gasteiger partial charge is 0.482 e. The maximum absolute atomic E-state index is 11.8. The predicted octanol–water partition coefficient (Wildman–Crippen LogP) is 1.40. The monoisotopic (exact) mass is 315 g/mol. The van der Waals surface area contributed by atoms with Gasteiger partial charge in [0.2, 0.25) is 0 Å². The van der Waals surface area contributed by atoms with Crippen molar-refractivity contribution in [3.05, 3.63) is 24.3 Å². The fourth-order valence-electron chi connectivity index (χ4n) is 1.32. The zero-order valence-corrected chi connectivity index (χ0v) is 13.3. The number of hydrogen-bond donors (Lipinski definition) is 1. The van der Waals surface area contributed by atoms with E-state index in [0.29, 0.717) is 11.4 Å². The van der Waals surface area contributed by atoms with E-state index in [1.54, 1.807) is 45.0 Å². The lowest BCUT2D eigenvalue weighted by atomic mass is 10.3. The Bertz CT molecular complexity index is 572. The predicted molar refractivity (Wildman–Crippen MR) is 80.8 cm³/mol. The number of nitrogen functional groups attached to an aromatic ring is 1. The molecule has 0 aliphatic heterocycles. The number of carbonyl (C=O) groups excluding carboxylic acids is 1. The van der Waals surface area contributed by atoms with Crippen LogP contribution in [0, 0.1) is 0 Å². The molecule has 0 fully saturated rings. The van der Waals surface area contributed by atoms with Crippen molar-refractivity contribution in [2.45, 2.75) is 25.5 Å². The van der Waals surface area contributed by atoms with Crippen LogP contribution in [0.1, 0.15) is 20.8 Å². The minimum absolute atomic E-state index is 0.177. The van der Waals surface area contributed by atoms with Crippen LogP contribution in [0.25, 0.3) is 0 Å². The van der Waals surface area contributed by atoms with Crippen molar-refractivity contribution in [1.29, 1.82) is 0 Å². The van der Waals surface area contributed by atoms with Crippen LogP contribution in [-0.4, -0.2) is 38.1 Å². The van der Waals surface area contributed by atoms with Gasteiger partial charge in [-0.25, -0.2) is 13.2 Å². The molecule has 1 aromatic rings. The Morgan fingerprint density at radius 2 is 1.76 bits per heavy atom. The summed E-state index contributed by atoms with van der Waals surface area (Å²) in [7, 11) is -3.30. The molecule has 0 saturated carbocycles. The third-order valence-corrected chi connectivity index (χ3v) is 5.36. The second-order valence-electron chi connectivity index (χ2n) is 5.51. The van der Waals surface area contributed by atoms with E-state index in [1.165, 1.54) is 0 Å². The van der Waals surface area contributed by atoms with Gasteiger partial charge in [0, 0.05) is 5.69 Å². The molecule has 0 saturated heterocycles. The Balaban J connectivity index is 2.34. The summed E-state index contributed by atoms with van der Waals surface area (Å²) in [6.07, 6.45) is 0. The standard InChI is InChI=1S/C14H21NO5S/c1-14(2,3)21(17,18)9-8-19-13(16)10-20-12-6-4-11(15)5-7-12/h4-7H,8-10,15H2,1-3H3. The average Bonchev–Trinajstić information content (AvgIpc) is 2.36. The lowest BCUT2D eigenvalue weighted by Gasteiger charge is -2.18. The first kappa shape index (κ1) is 17.3. The molecule has 1 rings (SSSR count). The Labute approximate surface area is 125 Å². The summed E-state index contributed by atoms with van der Waals surface area (Å²) in [6, 6.07) is 6.56. The molecule has 0 bridgehead atoms. The summed E-state index contributed by atoms with van der Waals surface area (Å²) in [5.41, 5.74) is 6.11. The fourth-order valence-corrected chi connectivity index (χ4v) is 2.23. The summed E-state index contributed by atoms with van der Waals surface area (Å²) in [5.74, 6) is -0.330. The normalized spacial score (nSPS) is 12.0. The van der Waals surface area contributed by atoms with Gasteiger partial charge in [0.15, 0.2) is 16.4 Å². The highest BCUT2D eigenvalue weighted by molar-refractivity contribution is 7.92. The zero-order valence-electron chi connectivity index (χ0n) is 12.5. The second kappa shape index (κ2) is 6.80. The van der Waals surface area contributed by atoms with Crippen molar-refractivity contribution in [3.8, 4) is 5.75 Å². The molecule has 0 atom stereocenters. The first-order valence-electron chi connectivity index (χ1n) is 6.48. The topological polar surface area (TPSA) is 95.7 Å². The number of nitrogens with two attached hydrogens (primary N) is 1. The lowest BCUT2D eigenvalue weighted by Crippen LogP contribution is -2.32. The molecule has 0 unspecified atom stereocenters. The summed E-state index contributed by atoms with van der Waals surface area (Å²) in [4.78, 5) is 11.5. The van der Waals surface area contributed by atoms with Crippen LogP contribution in [0.2, 0.25) is 0 Å². The molecule has 118 valence electrons. The molecular formula is C14H21NO5S. The first-order valence-corrected chi connectivity index (χ1v) is 8.13. The van der Waals surface area contributed by atoms with Gasteiger partial charge in [0.1, 0.15) is 12.4 Å². The van der Waals surface area contributed by atoms with Gasteiger partial charge in [0.25, 0.3) is 0 Å². The van der Waals surface area contributed by atoms with Gasteiger partial charge in [-0.2, -0.15) is 0 Å². The van der Waals surface area contributed by atoms with Crippen molar-refractivity contribution >= 4 is 21.5 Å². The highest BCUT2D eigenvalue weighted by atomic mass is 32.2. The molecule has 6 nitrogen and oxygen atoms in total. The lowest BCUT2D eigenvalue weighted by molar-refractivity contribution is -0.145. The Morgan fingerprint density at radius 3 is 2.29 bits per heavy atom. The van der Waals surface area contributed by atoms with Gasteiger partial charge in [-0.1, -0.05) is 0 Å². The average molecular weight is 315 g/mol. The van der Waals surface area contributed by atoms with Crippen LogP contribution in [0.5, 0.6) is 5.75 Å². The quantitative estimate of drug-likeness (QED) is 0.630. The Morgan fingerprint density at radius 1 is 1.19 bits per heavy atom. The number of sulfone groups is 1. The van der Waals surface area contributed by atoms with Crippen LogP contribution in [0.3, 0.4) is 0 Å². The molecule has 2 N–H and O–H groups in total. The molecule has 0 aliphatic carbocycles. The van der Waals surface area contributed by atoms with Gasteiger partial charge < -0.3 is 15.2 Å². The maximum Gasteiger partial charge on any atom is 0.344 e. The SMILES string of the molecule is CC(C)(C)S(=O)(=O)CCOC(=O)COc1ccc(N)cc1. The summed E-state index contributed by atoms with van der Waals surface area (Å²) < 4.78 is 32.8. The Kier molecular flexibility index (Phi) is 5.60. The Hall–Kier alpha value is -1.76. The third-order valence-electron chi connectivity index (χ3n) is 2.78. The summed E-state index contributed by atoms with van der Waals surface area (Å²) in [6.45, 7) is 4.36. The number of benzene rings is 1. The van der Waals surface area contributed by atoms with E-state index in [4.69, 9.17) is 15.2 Å². The van der Waals surface area contributed by atoms with Crippen molar-refractivity contribution in [2.24, 2.45) is 0 Å². The number of carbonyl (C=O) groups is 1. The minimum Gasteiger partial charge on any atom is -0.482 e. The summed E-state index contributed by atoms with van der Waals surface area (Å²) >= 11 is 0. The van der Waals surface area contributed by atoms with Crippen molar-refractivity contribution < 1.29 is 22.7 Å².